The molecule has 33 nitrogen and oxygen atoms in total. The average molecular weight is 1070 g/mol. The van der Waals surface area contributed by atoms with Crippen LogP contribution in [0.1, 0.15) is 13.8 Å². The molecule has 6 rings (SSSR count). The van der Waals surface area contributed by atoms with Crippen LogP contribution in [-0.2, 0) is 61.7 Å². The van der Waals surface area contributed by atoms with Gasteiger partial charge in [0.1, 0.15) is 146 Å². The van der Waals surface area contributed by atoms with Crippen LogP contribution in [-0.4, -0.2) is 327 Å². The Bertz CT molecular complexity index is 1740. The number of carbonyl (C=O) groups excluding carboxylic acids is 2. The third kappa shape index (κ3) is 12.9. The maximum atomic E-state index is 12.7. The molecular formula is C40H68N2O31. The van der Waals surface area contributed by atoms with E-state index in [0.29, 0.717) is 0 Å². The van der Waals surface area contributed by atoms with Crippen LogP contribution in [0.4, 0.5) is 0 Å². The summed E-state index contributed by atoms with van der Waals surface area (Å²) in [5.74, 6) is -1.58. The monoisotopic (exact) mass is 1070 g/mol. The third-order valence-electron chi connectivity index (χ3n) is 13.2. The van der Waals surface area contributed by atoms with Gasteiger partial charge in [-0.15, -0.1) is 0 Å². The highest BCUT2D eigenvalue weighted by molar-refractivity contribution is 5.73. The summed E-state index contributed by atoms with van der Waals surface area (Å²) < 4.78 is 62.3. The predicted octanol–water partition coefficient (Wildman–Crippen LogP) is -13.8. The smallest absolute Gasteiger partial charge is 0.217 e. The quantitative estimate of drug-likeness (QED) is 0.0606. The van der Waals surface area contributed by atoms with Gasteiger partial charge in [0, 0.05) is 13.8 Å². The van der Waals surface area contributed by atoms with E-state index in [1.165, 1.54) is 0 Å². The summed E-state index contributed by atoms with van der Waals surface area (Å²) in [5, 5.41) is 196. The van der Waals surface area contributed by atoms with E-state index in [2.05, 4.69) is 10.6 Å². The lowest BCUT2D eigenvalue weighted by molar-refractivity contribution is -0.392. The van der Waals surface area contributed by atoms with Gasteiger partial charge in [0.2, 0.25) is 11.8 Å². The predicted molar refractivity (Wildman–Crippen MR) is 222 cm³/mol. The van der Waals surface area contributed by atoms with E-state index < -0.39 is 236 Å². The van der Waals surface area contributed by atoms with Crippen molar-refractivity contribution in [1.29, 1.82) is 0 Å². The van der Waals surface area contributed by atoms with Crippen molar-refractivity contribution < 1.29 is 154 Å². The Morgan fingerprint density at radius 1 is 0.329 bits per heavy atom. The average Bonchev–Trinajstić information content (AvgIpc) is 3.36. The molecule has 30 atom stereocenters. The number of amides is 2. The largest absolute Gasteiger partial charge is 0.394 e. The Morgan fingerprint density at radius 2 is 0.644 bits per heavy atom. The number of aliphatic hydroxyl groups excluding tert-OH is 18. The number of hydrogen-bond acceptors (Lipinski definition) is 31. The second kappa shape index (κ2) is 26.0. The molecule has 33 heteroatoms. The van der Waals surface area contributed by atoms with E-state index in [0.717, 1.165) is 13.8 Å². The zero-order valence-corrected chi connectivity index (χ0v) is 38.9. The molecule has 6 heterocycles. The molecule has 0 bridgehead atoms. The van der Waals surface area contributed by atoms with Gasteiger partial charge < -0.3 is 155 Å². The number of carbonyl (C=O) groups is 2. The van der Waals surface area contributed by atoms with Crippen LogP contribution in [0, 0.1) is 0 Å². The zero-order valence-electron chi connectivity index (χ0n) is 38.9. The van der Waals surface area contributed by atoms with Crippen molar-refractivity contribution in [3.8, 4) is 0 Å². The van der Waals surface area contributed by atoms with E-state index in [4.69, 9.17) is 52.1 Å². The number of ether oxygens (including phenoxy) is 11. The van der Waals surface area contributed by atoms with Crippen molar-refractivity contribution in [3.63, 3.8) is 0 Å². The minimum atomic E-state index is -2.22. The molecule has 0 aliphatic carbocycles. The highest BCUT2D eigenvalue weighted by atomic mass is 16.8. The first kappa shape index (κ1) is 60.0. The van der Waals surface area contributed by atoms with Crippen LogP contribution in [0.3, 0.4) is 0 Å². The fraction of sp³-hybridized carbons (Fsp3) is 0.950. The first-order valence-electron chi connectivity index (χ1n) is 23.1. The fourth-order valence-electron chi connectivity index (χ4n) is 9.32. The molecule has 2 amide bonds. The van der Waals surface area contributed by atoms with Gasteiger partial charge in [-0.3, -0.25) is 9.59 Å². The van der Waals surface area contributed by atoms with Gasteiger partial charge in [-0.25, -0.2) is 0 Å². The minimum absolute atomic E-state index is 0.749. The Labute approximate surface area is 413 Å². The number of aliphatic hydroxyl groups is 18. The van der Waals surface area contributed by atoms with Crippen molar-refractivity contribution in [1.82, 2.24) is 10.6 Å². The van der Waals surface area contributed by atoms with Gasteiger partial charge in [-0.05, 0) is 0 Å². The first-order valence-corrected chi connectivity index (χ1v) is 23.1. The Hall–Kier alpha value is -2.22. The second-order valence-corrected chi connectivity index (χ2v) is 18.2. The molecule has 73 heavy (non-hydrogen) atoms. The summed E-state index contributed by atoms with van der Waals surface area (Å²) in [6.45, 7) is -3.74. The molecule has 0 spiro atoms. The van der Waals surface area contributed by atoms with Crippen molar-refractivity contribution in [3.05, 3.63) is 0 Å². The lowest BCUT2D eigenvalue weighted by Crippen LogP contribution is -2.71. The van der Waals surface area contributed by atoms with Crippen LogP contribution >= 0.6 is 0 Å². The van der Waals surface area contributed by atoms with E-state index >= 15 is 0 Å². The van der Waals surface area contributed by atoms with E-state index in [9.17, 15) is 102 Å². The maximum Gasteiger partial charge on any atom is 0.217 e. The second-order valence-electron chi connectivity index (χ2n) is 18.2. The summed E-state index contributed by atoms with van der Waals surface area (Å²) in [4.78, 5) is 24.8. The normalized spacial score (nSPS) is 49.8. The molecule has 0 unspecified atom stereocenters. The molecule has 0 aromatic carbocycles. The minimum Gasteiger partial charge on any atom is -0.394 e. The van der Waals surface area contributed by atoms with Crippen LogP contribution in [0.5, 0.6) is 0 Å². The number of rotatable bonds is 18. The SMILES string of the molecule is CC(=O)N[C@H]1[C@@H](O[C@H]2[C@@H](O)[C@@H](CO)O[C@@H](O[C@H]3[C@@H](O)[C@@H](CO)O[C@H](O[C@@H]4[C@H](O)[C@@H](O)[C@H](O[C@H]5[C@H](O)[C@@H](O)[C@H](O[C@H]6[C@H](O)[C@@H](O)[C@H](O)O[C@@H]6CO)O[C@@H]5CO)O[C@@H]4CO)[C@@H]3O)[C@@H]2NC(C)=O)O[C@H](CO)[C@H](O)[C@@H]1O. The molecule has 6 fully saturated rings. The summed E-state index contributed by atoms with van der Waals surface area (Å²) in [5.41, 5.74) is 0. The molecule has 424 valence electrons. The molecular weight excluding hydrogens is 1000 g/mol. The maximum absolute atomic E-state index is 12.7. The van der Waals surface area contributed by atoms with E-state index in [1.54, 1.807) is 0 Å². The van der Waals surface area contributed by atoms with Gasteiger partial charge in [-0.2, -0.15) is 0 Å². The van der Waals surface area contributed by atoms with Crippen LogP contribution in [0.25, 0.3) is 0 Å². The standard InChI is InChI=1S/C40H68N2O31/c1-9(49)41-17-22(54)19(51)11(3-43)64-36(17)72-33-18(42-10(2)50)37(65-12(4-44)20(33)52)73-34-21(53)13(5-45)66-40(29(34)61)71-32-16(8-48)68-39(28(60)25(32)57)70-31-15(7-47)67-38(27(59)24(31)56)69-30-14(6-46)63-35(62)26(58)23(30)55/h11-40,43-48,51-62H,3-8H2,1-2H3,(H,41,49)(H,42,50)/t11-,12-,13-,14-,15-,16-,17-,18-,19+,20+,21+,22-,23-,24-,25-,26-,27-,28-,29-,30-,31-,32+,33-,34+,35-,36-,37+,38+,39+,40-/m1/s1. The molecule has 6 saturated heterocycles. The van der Waals surface area contributed by atoms with Gasteiger partial charge in [-0.1, -0.05) is 0 Å². The molecule has 6 aliphatic heterocycles. The molecule has 0 aromatic rings. The molecule has 0 radical (unpaired) electrons. The zero-order chi connectivity index (χ0) is 53.9. The highest BCUT2D eigenvalue weighted by Crippen LogP contribution is 2.37. The molecule has 20 N–H and O–H groups in total. The van der Waals surface area contributed by atoms with Gasteiger partial charge in [0.25, 0.3) is 0 Å². The van der Waals surface area contributed by atoms with Crippen molar-refractivity contribution in [2.45, 2.75) is 198 Å². The Balaban J connectivity index is 1.18. The summed E-state index contributed by atoms with van der Waals surface area (Å²) in [6.07, 6.45) is -53.1. The Morgan fingerprint density at radius 3 is 1.08 bits per heavy atom. The Kier molecular flexibility index (Phi) is 21.3. The van der Waals surface area contributed by atoms with E-state index in [1.807, 2.05) is 0 Å². The topological polar surface area (TPSA) is 524 Å². The number of hydrogen-bond donors (Lipinski definition) is 20. The van der Waals surface area contributed by atoms with E-state index in [-0.39, 0.29) is 0 Å². The molecule has 0 saturated carbocycles. The van der Waals surface area contributed by atoms with Crippen LogP contribution in [0.2, 0.25) is 0 Å². The van der Waals surface area contributed by atoms with Gasteiger partial charge >= 0.3 is 0 Å². The molecule has 6 aliphatic rings. The summed E-state index contributed by atoms with van der Waals surface area (Å²) in [6, 6.07) is -3.30. The van der Waals surface area contributed by atoms with Crippen molar-refractivity contribution >= 4 is 11.8 Å². The van der Waals surface area contributed by atoms with Crippen LogP contribution in [0.15, 0.2) is 0 Å². The van der Waals surface area contributed by atoms with Crippen molar-refractivity contribution in [2.24, 2.45) is 0 Å². The number of nitrogens with one attached hydrogen (secondary N) is 2. The third-order valence-corrected chi connectivity index (χ3v) is 13.2. The fourth-order valence-corrected chi connectivity index (χ4v) is 9.32. The van der Waals surface area contributed by atoms with Crippen LogP contribution < -0.4 is 10.6 Å². The summed E-state index contributed by atoms with van der Waals surface area (Å²) >= 11 is 0. The lowest BCUT2D eigenvalue weighted by atomic mass is 9.93. The first-order chi connectivity index (χ1) is 34.5. The molecule has 0 aromatic heterocycles. The lowest BCUT2D eigenvalue weighted by Gasteiger charge is -2.50. The summed E-state index contributed by atoms with van der Waals surface area (Å²) in [7, 11) is 0. The van der Waals surface area contributed by atoms with Gasteiger partial charge in [0.15, 0.2) is 37.7 Å². The van der Waals surface area contributed by atoms with Crippen molar-refractivity contribution in [2.75, 3.05) is 39.6 Å². The van der Waals surface area contributed by atoms with Gasteiger partial charge in [0.05, 0.1) is 39.6 Å². The highest BCUT2D eigenvalue weighted by Gasteiger charge is 2.58.